The lowest BCUT2D eigenvalue weighted by atomic mass is 9.98. The molecule has 0 unspecified atom stereocenters. The molecule has 1 aromatic heterocycles. The molecular weight excluding hydrogens is 436 g/mol. The van der Waals surface area contributed by atoms with Crippen molar-refractivity contribution in [1.29, 1.82) is 0 Å². The molecule has 3 fully saturated rings. The van der Waals surface area contributed by atoms with Crippen LogP contribution in [0.3, 0.4) is 0 Å². The summed E-state index contributed by atoms with van der Waals surface area (Å²) in [6, 6.07) is 8.47. The van der Waals surface area contributed by atoms with Crippen molar-refractivity contribution in [2.75, 3.05) is 0 Å². The Morgan fingerprint density at radius 1 is 1.03 bits per heavy atom. The zero-order valence-electron chi connectivity index (χ0n) is 16.9. The van der Waals surface area contributed by atoms with Crippen molar-refractivity contribution in [3.63, 3.8) is 0 Å². The van der Waals surface area contributed by atoms with E-state index in [-0.39, 0.29) is 32.7 Å². The number of amides is 1. The monoisotopic (exact) mass is 458 g/mol. The minimum Gasteiger partial charge on any atom is -0.350 e. The van der Waals surface area contributed by atoms with Gasteiger partial charge in [0, 0.05) is 29.3 Å². The van der Waals surface area contributed by atoms with Gasteiger partial charge in [-0.15, -0.1) is 0 Å². The number of benzene rings is 1. The lowest BCUT2D eigenvalue weighted by Gasteiger charge is -2.14. The van der Waals surface area contributed by atoms with Crippen LogP contribution in [-0.4, -0.2) is 30.6 Å². The van der Waals surface area contributed by atoms with Gasteiger partial charge >= 0.3 is 0 Å². The number of hydrogen-bond acceptors (Lipinski definition) is 4. The van der Waals surface area contributed by atoms with Crippen molar-refractivity contribution in [2.45, 2.75) is 60.6 Å². The van der Waals surface area contributed by atoms with Crippen LogP contribution >= 0.6 is 11.6 Å². The fraction of sp³-hybridized carbons (Fsp3) is 0.391. The Labute approximate surface area is 185 Å². The molecular formula is C23H23ClN2O4S. The van der Waals surface area contributed by atoms with Gasteiger partial charge in [-0.1, -0.05) is 29.8 Å². The summed E-state index contributed by atoms with van der Waals surface area (Å²) in [6.45, 7) is 0. The van der Waals surface area contributed by atoms with Crippen LogP contribution in [0.25, 0.3) is 5.57 Å². The first-order valence-corrected chi connectivity index (χ1v) is 12.5. The van der Waals surface area contributed by atoms with Gasteiger partial charge in [0.05, 0.1) is 15.2 Å². The van der Waals surface area contributed by atoms with Gasteiger partial charge < -0.3 is 10.3 Å². The molecule has 6 nitrogen and oxygen atoms in total. The van der Waals surface area contributed by atoms with Crippen molar-refractivity contribution in [2.24, 2.45) is 0 Å². The highest BCUT2D eigenvalue weighted by atomic mass is 35.5. The Bertz CT molecular complexity index is 1260. The highest BCUT2D eigenvalue weighted by molar-refractivity contribution is 7.92. The number of H-pyrrole nitrogens is 1. The average Bonchev–Trinajstić information content (AvgIpc) is 3.64. The lowest BCUT2D eigenvalue weighted by molar-refractivity contribution is -0.119. The minimum atomic E-state index is -3.41. The average molecular weight is 459 g/mol. The molecule has 1 atom stereocenters. The number of sulfone groups is 1. The van der Waals surface area contributed by atoms with E-state index in [4.69, 9.17) is 11.6 Å². The number of pyridine rings is 1. The Kier molecular flexibility index (Phi) is 5.06. The quantitative estimate of drug-likeness (QED) is 0.691. The molecule has 1 aliphatic heterocycles. The van der Waals surface area contributed by atoms with Crippen LogP contribution in [0.5, 0.6) is 0 Å². The molecule has 2 saturated carbocycles. The first-order valence-electron chi connectivity index (χ1n) is 10.6. The number of carbonyl (C=O) groups is 1. The van der Waals surface area contributed by atoms with Crippen molar-refractivity contribution in [1.82, 2.24) is 10.3 Å². The Hall–Kier alpha value is -2.38. The molecule has 5 rings (SSSR count). The number of aromatic amines is 1. The zero-order valence-corrected chi connectivity index (χ0v) is 18.4. The SMILES string of the molecule is O=C1CC[C@H](/C=C(/c2ccc(S(=O)(=O)C3CC3)c(Cl)c2)c2ccc(C3CC3)c(=O)[nH]2)N1. The maximum absolute atomic E-state index is 12.6. The molecule has 1 saturated heterocycles. The third-order valence-corrected chi connectivity index (χ3v) is 8.90. The summed E-state index contributed by atoms with van der Waals surface area (Å²) >= 11 is 6.42. The Morgan fingerprint density at radius 2 is 1.81 bits per heavy atom. The number of rotatable bonds is 6. The van der Waals surface area contributed by atoms with Gasteiger partial charge in [-0.3, -0.25) is 9.59 Å². The van der Waals surface area contributed by atoms with E-state index >= 15 is 0 Å². The van der Waals surface area contributed by atoms with Crippen LogP contribution in [-0.2, 0) is 14.6 Å². The summed E-state index contributed by atoms with van der Waals surface area (Å²) in [4.78, 5) is 27.4. The highest BCUT2D eigenvalue weighted by Crippen LogP contribution is 2.39. The smallest absolute Gasteiger partial charge is 0.251 e. The molecule has 2 N–H and O–H groups in total. The van der Waals surface area contributed by atoms with Crippen LogP contribution in [0.1, 0.15) is 61.3 Å². The van der Waals surface area contributed by atoms with Crippen LogP contribution in [0.15, 0.2) is 46.1 Å². The standard InChI is InChI=1S/C23H23ClN2O4S/c24-19-11-14(3-9-21(19)31(29,30)16-5-6-16)18(12-15-4-10-22(27)25-15)20-8-7-17(13-1-2-13)23(28)26-20/h3,7-9,11-13,15-16H,1-2,4-6,10H2,(H,25,27)(H,26,28)/b18-12-/t15-/m1/s1. The highest BCUT2D eigenvalue weighted by Gasteiger charge is 2.38. The van der Waals surface area contributed by atoms with Gasteiger partial charge in [0.15, 0.2) is 9.84 Å². The van der Waals surface area contributed by atoms with E-state index < -0.39 is 9.84 Å². The van der Waals surface area contributed by atoms with E-state index in [1.54, 1.807) is 18.2 Å². The summed E-state index contributed by atoms with van der Waals surface area (Å²) in [5.74, 6) is 0.322. The molecule has 1 aromatic carbocycles. The van der Waals surface area contributed by atoms with Gasteiger partial charge in [-0.05, 0) is 61.8 Å². The van der Waals surface area contributed by atoms with Crippen LogP contribution < -0.4 is 10.9 Å². The first-order chi connectivity index (χ1) is 14.8. The van der Waals surface area contributed by atoms with E-state index in [1.807, 2.05) is 18.2 Å². The number of aromatic nitrogens is 1. The molecule has 162 valence electrons. The van der Waals surface area contributed by atoms with Crippen molar-refractivity contribution in [3.05, 3.63) is 68.6 Å². The zero-order chi connectivity index (χ0) is 21.8. The second-order valence-corrected chi connectivity index (χ2v) is 11.2. The maximum Gasteiger partial charge on any atom is 0.251 e. The summed E-state index contributed by atoms with van der Waals surface area (Å²) in [5, 5.41) is 2.74. The predicted molar refractivity (Wildman–Crippen MR) is 119 cm³/mol. The van der Waals surface area contributed by atoms with Gasteiger partial charge in [0.1, 0.15) is 0 Å². The molecule has 0 spiro atoms. The van der Waals surface area contributed by atoms with Gasteiger partial charge in [0.25, 0.3) is 5.56 Å². The summed E-state index contributed by atoms with van der Waals surface area (Å²) < 4.78 is 25.3. The van der Waals surface area contributed by atoms with E-state index in [2.05, 4.69) is 10.3 Å². The lowest BCUT2D eigenvalue weighted by Crippen LogP contribution is -2.23. The molecule has 2 aromatic rings. The molecule has 1 amide bonds. The Balaban J connectivity index is 1.57. The van der Waals surface area contributed by atoms with E-state index in [0.29, 0.717) is 48.4 Å². The van der Waals surface area contributed by atoms with Crippen molar-refractivity contribution >= 4 is 32.9 Å². The third-order valence-electron chi connectivity index (χ3n) is 6.16. The normalized spacial score (nSPS) is 21.9. The molecule has 2 aliphatic carbocycles. The molecule has 2 heterocycles. The maximum atomic E-state index is 12.6. The van der Waals surface area contributed by atoms with Crippen molar-refractivity contribution in [3.8, 4) is 0 Å². The van der Waals surface area contributed by atoms with Crippen LogP contribution in [0.4, 0.5) is 0 Å². The van der Waals surface area contributed by atoms with Crippen LogP contribution in [0, 0.1) is 0 Å². The number of nitrogens with one attached hydrogen (secondary N) is 2. The van der Waals surface area contributed by atoms with Gasteiger partial charge in [-0.2, -0.15) is 0 Å². The third kappa shape index (κ3) is 4.08. The van der Waals surface area contributed by atoms with Crippen molar-refractivity contribution < 1.29 is 13.2 Å². The predicted octanol–water partition coefficient (Wildman–Crippen LogP) is 3.55. The van der Waals surface area contributed by atoms with Gasteiger partial charge in [0.2, 0.25) is 5.91 Å². The number of hydrogen-bond donors (Lipinski definition) is 2. The largest absolute Gasteiger partial charge is 0.350 e. The minimum absolute atomic E-state index is 0.0120. The number of halogens is 1. The van der Waals surface area contributed by atoms with Crippen LogP contribution in [0.2, 0.25) is 5.02 Å². The molecule has 0 bridgehead atoms. The Morgan fingerprint density at radius 3 is 2.39 bits per heavy atom. The summed E-state index contributed by atoms with van der Waals surface area (Å²) in [6.07, 6.45) is 6.42. The second kappa shape index (κ2) is 7.64. The topological polar surface area (TPSA) is 96.1 Å². The second-order valence-electron chi connectivity index (χ2n) is 8.61. The first kappa shape index (κ1) is 20.5. The molecule has 0 radical (unpaired) electrons. The molecule has 8 heteroatoms. The summed E-state index contributed by atoms with van der Waals surface area (Å²) in [5.41, 5.74) is 2.70. The number of carbonyl (C=O) groups excluding carboxylic acids is 1. The van der Waals surface area contributed by atoms with E-state index in [0.717, 1.165) is 18.4 Å². The van der Waals surface area contributed by atoms with E-state index in [1.165, 1.54) is 0 Å². The van der Waals surface area contributed by atoms with E-state index in [9.17, 15) is 18.0 Å². The molecule has 31 heavy (non-hydrogen) atoms. The molecule has 3 aliphatic rings. The summed E-state index contributed by atoms with van der Waals surface area (Å²) in [7, 11) is -3.41. The fourth-order valence-corrected chi connectivity index (χ4v) is 6.33. The fourth-order valence-electron chi connectivity index (χ4n) is 4.12. The van der Waals surface area contributed by atoms with Gasteiger partial charge in [-0.25, -0.2) is 8.42 Å².